The lowest BCUT2D eigenvalue weighted by Crippen LogP contribution is -2.10. The van der Waals surface area contributed by atoms with E-state index >= 15 is 0 Å². The molecule has 3 heteroatoms. The van der Waals surface area contributed by atoms with E-state index in [9.17, 15) is 0 Å². The van der Waals surface area contributed by atoms with Crippen LogP contribution in [0, 0.1) is 0 Å². The highest BCUT2D eigenvalue weighted by molar-refractivity contribution is 9.10. The van der Waals surface area contributed by atoms with Crippen molar-refractivity contribution in [2.45, 2.75) is 42.5 Å². The normalized spacial score (nSPS) is 11.7. The van der Waals surface area contributed by atoms with Gasteiger partial charge in [0.25, 0.3) is 0 Å². The zero-order valence-electron chi connectivity index (χ0n) is 12.1. The van der Waals surface area contributed by atoms with E-state index in [0.29, 0.717) is 6.54 Å². The third-order valence-electron chi connectivity index (χ3n) is 3.20. The van der Waals surface area contributed by atoms with E-state index in [1.165, 1.54) is 15.4 Å². The van der Waals surface area contributed by atoms with Crippen LogP contribution in [0.5, 0.6) is 0 Å². The molecule has 2 rings (SSSR count). The van der Waals surface area contributed by atoms with Crippen molar-refractivity contribution in [1.29, 1.82) is 0 Å². The van der Waals surface area contributed by atoms with Crippen molar-refractivity contribution in [2.75, 3.05) is 0 Å². The molecular weight excluding hydrogens is 330 g/mol. The number of nitrogens with two attached hydrogens (primary N) is 1. The molecule has 1 nitrogen and oxygen atoms in total. The van der Waals surface area contributed by atoms with Crippen molar-refractivity contribution in [3.63, 3.8) is 0 Å². The van der Waals surface area contributed by atoms with E-state index in [0.717, 1.165) is 10.0 Å². The van der Waals surface area contributed by atoms with E-state index in [4.69, 9.17) is 5.73 Å². The number of halogens is 1. The molecule has 2 aromatic rings. The number of rotatable bonds is 3. The second kappa shape index (κ2) is 6.33. The molecule has 0 heterocycles. The number of hydrogen-bond donors (Lipinski definition) is 1. The molecule has 0 aliphatic heterocycles. The first-order valence-corrected chi connectivity index (χ1v) is 8.28. The largest absolute Gasteiger partial charge is 0.326 e. The highest BCUT2D eigenvalue weighted by Gasteiger charge is 2.13. The maximum atomic E-state index is 5.67. The van der Waals surface area contributed by atoms with Crippen molar-refractivity contribution < 1.29 is 0 Å². The monoisotopic (exact) mass is 349 g/mol. The molecule has 0 aliphatic rings. The summed E-state index contributed by atoms with van der Waals surface area (Å²) in [7, 11) is 0. The Morgan fingerprint density at radius 1 is 1.00 bits per heavy atom. The third-order valence-corrected chi connectivity index (χ3v) is 4.94. The SMILES string of the molecule is CC(C)(C)c1ccc(Sc2ccc(CN)c(Br)c2)cc1. The van der Waals surface area contributed by atoms with Gasteiger partial charge in [0.2, 0.25) is 0 Å². The van der Waals surface area contributed by atoms with Gasteiger partial charge in [-0.2, -0.15) is 0 Å². The van der Waals surface area contributed by atoms with Crippen molar-refractivity contribution in [3.8, 4) is 0 Å². The molecule has 0 aromatic heterocycles. The zero-order valence-corrected chi connectivity index (χ0v) is 14.5. The lowest BCUT2D eigenvalue weighted by molar-refractivity contribution is 0.590. The van der Waals surface area contributed by atoms with Gasteiger partial charge in [-0.25, -0.2) is 0 Å². The summed E-state index contributed by atoms with van der Waals surface area (Å²) < 4.78 is 1.08. The van der Waals surface area contributed by atoms with Crippen LogP contribution in [0.15, 0.2) is 56.7 Å². The van der Waals surface area contributed by atoms with Gasteiger partial charge in [0, 0.05) is 20.8 Å². The predicted octanol–water partition coefficient (Wildman–Crippen LogP) is 5.36. The minimum atomic E-state index is 0.203. The van der Waals surface area contributed by atoms with Crippen molar-refractivity contribution in [1.82, 2.24) is 0 Å². The first-order chi connectivity index (χ1) is 9.40. The maximum Gasteiger partial charge on any atom is 0.0231 e. The summed E-state index contributed by atoms with van der Waals surface area (Å²) in [5.74, 6) is 0. The van der Waals surface area contributed by atoms with Crippen molar-refractivity contribution in [2.24, 2.45) is 5.73 Å². The topological polar surface area (TPSA) is 26.0 Å². The zero-order chi connectivity index (χ0) is 14.8. The summed E-state index contributed by atoms with van der Waals surface area (Å²) in [6.45, 7) is 7.26. The Kier molecular flexibility index (Phi) is 4.95. The highest BCUT2D eigenvalue weighted by Crippen LogP contribution is 2.32. The van der Waals surface area contributed by atoms with Crippen LogP contribution in [0.1, 0.15) is 31.9 Å². The van der Waals surface area contributed by atoms with Crippen LogP contribution >= 0.6 is 27.7 Å². The maximum absolute atomic E-state index is 5.67. The summed E-state index contributed by atoms with van der Waals surface area (Å²) in [6.07, 6.45) is 0. The fourth-order valence-corrected chi connectivity index (χ4v) is 3.47. The average molecular weight is 350 g/mol. The van der Waals surface area contributed by atoms with Crippen LogP contribution < -0.4 is 5.73 Å². The number of benzene rings is 2. The second-order valence-electron chi connectivity index (χ2n) is 5.83. The first-order valence-electron chi connectivity index (χ1n) is 6.67. The van der Waals surface area contributed by atoms with Crippen LogP contribution in [0.3, 0.4) is 0 Å². The summed E-state index contributed by atoms with van der Waals surface area (Å²) in [5, 5.41) is 0. The van der Waals surface area contributed by atoms with E-state index < -0.39 is 0 Å². The van der Waals surface area contributed by atoms with Crippen molar-refractivity contribution >= 4 is 27.7 Å². The van der Waals surface area contributed by atoms with Crippen LogP contribution in [-0.2, 0) is 12.0 Å². The first kappa shape index (κ1) is 15.6. The molecule has 0 fully saturated rings. The van der Waals surface area contributed by atoms with Crippen LogP contribution in [-0.4, -0.2) is 0 Å². The summed E-state index contributed by atoms with van der Waals surface area (Å²) in [6, 6.07) is 15.1. The molecule has 0 bridgehead atoms. The van der Waals surface area contributed by atoms with Gasteiger partial charge in [-0.15, -0.1) is 0 Å². The Bertz CT molecular complexity index is 585. The molecule has 20 heavy (non-hydrogen) atoms. The van der Waals surface area contributed by atoms with Gasteiger partial charge < -0.3 is 5.73 Å². The quantitative estimate of drug-likeness (QED) is 0.807. The van der Waals surface area contributed by atoms with Gasteiger partial charge in [-0.3, -0.25) is 0 Å². The Morgan fingerprint density at radius 2 is 1.60 bits per heavy atom. The second-order valence-corrected chi connectivity index (χ2v) is 7.84. The Labute approximate surface area is 134 Å². The van der Waals surface area contributed by atoms with Crippen molar-refractivity contribution in [3.05, 3.63) is 58.1 Å². The molecule has 0 aliphatic carbocycles. The molecule has 0 saturated heterocycles. The van der Waals surface area contributed by atoms with Crippen LogP contribution in [0.2, 0.25) is 0 Å². The van der Waals surface area contributed by atoms with E-state index in [1.54, 1.807) is 11.8 Å². The molecule has 2 N–H and O–H groups in total. The number of hydrogen-bond acceptors (Lipinski definition) is 2. The fraction of sp³-hybridized carbons (Fsp3) is 0.294. The highest BCUT2D eigenvalue weighted by atomic mass is 79.9. The minimum absolute atomic E-state index is 0.203. The lowest BCUT2D eigenvalue weighted by atomic mass is 9.87. The van der Waals surface area contributed by atoms with Gasteiger partial charge in [0.15, 0.2) is 0 Å². The predicted molar refractivity (Wildman–Crippen MR) is 91.3 cm³/mol. The summed E-state index contributed by atoms with van der Waals surface area (Å²) in [4.78, 5) is 2.47. The molecule has 2 aromatic carbocycles. The Morgan fingerprint density at radius 3 is 2.10 bits per heavy atom. The molecule has 0 unspecified atom stereocenters. The molecular formula is C17H20BrNS. The van der Waals surface area contributed by atoms with E-state index in [-0.39, 0.29) is 5.41 Å². The van der Waals surface area contributed by atoms with Crippen LogP contribution in [0.25, 0.3) is 0 Å². The summed E-state index contributed by atoms with van der Waals surface area (Å²) in [5.41, 5.74) is 8.38. The fourth-order valence-electron chi connectivity index (χ4n) is 1.92. The molecule has 0 radical (unpaired) electrons. The Balaban J connectivity index is 2.16. The third kappa shape index (κ3) is 3.87. The molecule has 0 spiro atoms. The Hall–Kier alpha value is -0.770. The van der Waals surface area contributed by atoms with E-state index in [2.05, 4.69) is 79.2 Å². The average Bonchev–Trinajstić information content (AvgIpc) is 2.38. The molecule has 106 valence electrons. The van der Waals surface area contributed by atoms with Gasteiger partial charge in [-0.05, 0) is 40.8 Å². The van der Waals surface area contributed by atoms with Crippen LogP contribution in [0.4, 0.5) is 0 Å². The smallest absolute Gasteiger partial charge is 0.0231 e. The van der Waals surface area contributed by atoms with Gasteiger partial charge >= 0.3 is 0 Å². The molecule has 0 amide bonds. The molecule has 0 atom stereocenters. The lowest BCUT2D eigenvalue weighted by Gasteiger charge is -2.19. The van der Waals surface area contributed by atoms with Gasteiger partial charge in [0.1, 0.15) is 0 Å². The summed E-state index contributed by atoms with van der Waals surface area (Å²) >= 11 is 5.33. The standard InChI is InChI=1S/C17H20BrNS/c1-17(2,3)13-5-8-14(9-6-13)20-15-7-4-12(11-19)16(18)10-15/h4-10H,11,19H2,1-3H3. The minimum Gasteiger partial charge on any atom is -0.326 e. The van der Waals surface area contributed by atoms with E-state index in [1.807, 2.05) is 0 Å². The van der Waals surface area contributed by atoms with Gasteiger partial charge in [0.05, 0.1) is 0 Å². The molecule has 0 saturated carbocycles. The van der Waals surface area contributed by atoms with Gasteiger partial charge in [-0.1, -0.05) is 66.7 Å².